The molecule has 0 atom stereocenters. The van der Waals surface area contributed by atoms with E-state index in [1.165, 1.54) is 12.3 Å². The zero-order valence-corrected chi connectivity index (χ0v) is 21.0. The molecular formula is C28H22F4N6O2. The first-order valence-corrected chi connectivity index (χ1v) is 12.1. The van der Waals surface area contributed by atoms with E-state index in [0.29, 0.717) is 47.6 Å². The molecule has 0 aliphatic rings. The van der Waals surface area contributed by atoms with Crippen LogP contribution in [0, 0.1) is 5.82 Å². The number of ether oxygens (including phenoxy) is 1. The Morgan fingerprint density at radius 2 is 1.75 bits per heavy atom. The predicted octanol–water partition coefficient (Wildman–Crippen LogP) is 6.03. The van der Waals surface area contributed by atoms with Crippen LogP contribution in [0.15, 0.2) is 79.3 Å². The first-order chi connectivity index (χ1) is 19.2. The van der Waals surface area contributed by atoms with Crippen LogP contribution in [-0.4, -0.2) is 32.0 Å². The topological polar surface area (TPSA) is 94.0 Å². The van der Waals surface area contributed by atoms with Gasteiger partial charge in [0.15, 0.2) is 0 Å². The molecule has 40 heavy (non-hydrogen) atoms. The number of alkyl halides is 3. The van der Waals surface area contributed by atoms with E-state index in [9.17, 15) is 22.4 Å². The van der Waals surface area contributed by atoms with Gasteiger partial charge < -0.3 is 19.9 Å². The second-order valence-corrected chi connectivity index (χ2v) is 8.80. The quantitative estimate of drug-likeness (QED) is 0.229. The number of aromatic nitrogens is 4. The van der Waals surface area contributed by atoms with E-state index in [1.54, 1.807) is 48.3 Å². The standard InChI is InChI=1S/C28H22F4N6O2/c1-38-25-5-3-19(15-23(25)37-27(38)36-22-14-18(28(30,31)32)2-4-21(22)29)40-20-9-13-34-24(16-20)26(39)35-12-8-17-6-10-33-11-7-17/h2-7,9-11,13-16H,8,12H2,1H3,(H,35,39)(H,36,37). The van der Waals surface area contributed by atoms with Crippen LogP contribution in [0.3, 0.4) is 0 Å². The number of aryl methyl sites for hydroxylation is 1. The fraction of sp³-hybridized carbons (Fsp3) is 0.143. The second-order valence-electron chi connectivity index (χ2n) is 8.80. The van der Waals surface area contributed by atoms with Crippen LogP contribution in [-0.2, 0) is 19.6 Å². The molecule has 204 valence electrons. The maximum Gasteiger partial charge on any atom is 0.416 e. The van der Waals surface area contributed by atoms with Gasteiger partial charge in [0, 0.05) is 44.3 Å². The van der Waals surface area contributed by atoms with E-state index >= 15 is 0 Å². The third-order valence-corrected chi connectivity index (χ3v) is 6.04. The second kappa shape index (κ2) is 11.0. The Labute approximate surface area is 225 Å². The summed E-state index contributed by atoms with van der Waals surface area (Å²) in [5.41, 5.74) is 0.978. The van der Waals surface area contributed by atoms with Crippen LogP contribution < -0.4 is 15.4 Å². The molecule has 0 aliphatic carbocycles. The van der Waals surface area contributed by atoms with Crippen LogP contribution in [0.4, 0.5) is 29.2 Å². The van der Waals surface area contributed by atoms with Crippen molar-refractivity contribution in [3.8, 4) is 11.5 Å². The SMILES string of the molecule is Cn1c(Nc2cc(C(F)(F)F)ccc2F)nc2cc(Oc3ccnc(C(=O)NCCc4ccncc4)c3)ccc21. The lowest BCUT2D eigenvalue weighted by Crippen LogP contribution is -2.26. The molecule has 0 bridgehead atoms. The number of nitrogens with zero attached hydrogens (tertiary/aromatic N) is 4. The summed E-state index contributed by atoms with van der Waals surface area (Å²) in [4.78, 5) is 25.0. The van der Waals surface area contributed by atoms with Crippen molar-refractivity contribution in [1.29, 1.82) is 0 Å². The van der Waals surface area contributed by atoms with Gasteiger partial charge in [-0.15, -0.1) is 0 Å². The van der Waals surface area contributed by atoms with Crippen LogP contribution in [0.2, 0.25) is 0 Å². The van der Waals surface area contributed by atoms with Crippen LogP contribution >= 0.6 is 0 Å². The molecule has 8 nitrogen and oxygen atoms in total. The smallest absolute Gasteiger partial charge is 0.416 e. The largest absolute Gasteiger partial charge is 0.457 e. The highest BCUT2D eigenvalue weighted by molar-refractivity contribution is 5.92. The average Bonchev–Trinajstić information content (AvgIpc) is 3.24. The number of carbonyl (C=O) groups excluding carboxylic acids is 1. The van der Waals surface area contributed by atoms with E-state index in [2.05, 4.69) is 25.6 Å². The fourth-order valence-corrected chi connectivity index (χ4v) is 3.97. The molecule has 12 heteroatoms. The van der Waals surface area contributed by atoms with Gasteiger partial charge in [-0.25, -0.2) is 9.37 Å². The number of anilines is 2. The Kier molecular flexibility index (Phi) is 7.32. The zero-order valence-electron chi connectivity index (χ0n) is 21.0. The summed E-state index contributed by atoms with van der Waals surface area (Å²) in [6.45, 7) is 0.423. The number of carbonyl (C=O) groups is 1. The number of nitrogens with one attached hydrogen (secondary N) is 2. The summed E-state index contributed by atoms with van der Waals surface area (Å²) < 4.78 is 61.0. The van der Waals surface area contributed by atoms with Gasteiger partial charge in [0.1, 0.15) is 23.0 Å². The molecular weight excluding hydrogens is 528 g/mol. The monoisotopic (exact) mass is 550 g/mol. The Bertz CT molecular complexity index is 1670. The molecule has 5 rings (SSSR count). The summed E-state index contributed by atoms with van der Waals surface area (Å²) in [6, 6.07) is 14.0. The molecule has 2 aromatic carbocycles. The van der Waals surface area contributed by atoms with E-state index in [1.807, 2.05) is 12.1 Å². The highest BCUT2D eigenvalue weighted by atomic mass is 19.4. The fourth-order valence-electron chi connectivity index (χ4n) is 3.97. The summed E-state index contributed by atoms with van der Waals surface area (Å²) in [5.74, 6) is -0.289. The molecule has 0 saturated heterocycles. The van der Waals surface area contributed by atoms with Crippen molar-refractivity contribution < 1.29 is 27.1 Å². The predicted molar refractivity (Wildman–Crippen MR) is 140 cm³/mol. The van der Waals surface area contributed by atoms with Gasteiger partial charge in [0.25, 0.3) is 5.91 Å². The number of halogens is 4. The van der Waals surface area contributed by atoms with Crippen molar-refractivity contribution >= 4 is 28.6 Å². The van der Waals surface area contributed by atoms with Crippen molar-refractivity contribution in [3.63, 3.8) is 0 Å². The summed E-state index contributed by atoms with van der Waals surface area (Å²) >= 11 is 0. The van der Waals surface area contributed by atoms with Crippen LogP contribution in [0.25, 0.3) is 11.0 Å². The van der Waals surface area contributed by atoms with Crippen molar-refractivity contribution in [1.82, 2.24) is 24.8 Å². The molecule has 5 aromatic rings. The third kappa shape index (κ3) is 6.01. The van der Waals surface area contributed by atoms with E-state index in [0.717, 1.165) is 11.6 Å². The molecule has 2 N–H and O–H groups in total. The number of rotatable bonds is 8. The Morgan fingerprint density at radius 1 is 0.975 bits per heavy atom. The summed E-state index contributed by atoms with van der Waals surface area (Å²) in [5, 5.41) is 5.46. The first-order valence-electron chi connectivity index (χ1n) is 12.1. The first kappa shape index (κ1) is 26.6. The van der Waals surface area contributed by atoms with Crippen molar-refractivity contribution in [2.24, 2.45) is 7.05 Å². The van der Waals surface area contributed by atoms with E-state index in [-0.39, 0.29) is 23.2 Å². The lowest BCUT2D eigenvalue weighted by molar-refractivity contribution is -0.137. The third-order valence-electron chi connectivity index (χ3n) is 6.04. The van der Waals surface area contributed by atoms with Crippen LogP contribution in [0.1, 0.15) is 21.6 Å². The molecule has 3 aromatic heterocycles. The number of hydrogen-bond acceptors (Lipinski definition) is 6. The number of imidazole rings is 1. The lowest BCUT2D eigenvalue weighted by Gasteiger charge is -2.11. The van der Waals surface area contributed by atoms with Gasteiger partial charge in [-0.3, -0.25) is 14.8 Å². The molecule has 1 amide bonds. The molecule has 0 fully saturated rings. The highest BCUT2D eigenvalue weighted by Gasteiger charge is 2.31. The van der Waals surface area contributed by atoms with Crippen LogP contribution in [0.5, 0.6) is 11.5 Å². The van der Waals surface area contributed by atoms with E-state index < -0.39 is 17.6 Å². The maximum absolute atomic E-state index is 14.3. The lowest BCUT2D eigenvalue weighted by atomic mass is 10.2. The molecule has 0 unspecified atom stereocenters. The molecule has 3 heterocycles. The minimum Gasteiger partial charge on any atom is -0.457 e. The van der Waals surface area contributed by atoms with Crippen molar-refractivity contribution in [2.45, 2.75) is 12.6 Å². The van der Waals surface area contributed by atoms with Gasteiger partial charge in [0.05, 0.1) is 22.3 Å². The maximum atomic E-state index is 14.3. The number of benzene rings is 2. The number of hydrogen-bond donors (Lipinski definition) is 2. The van der Waals surface area contributed by atoms with Crippen molar-refractivity contribution in [3.05, 3.63) is 102 Å². The number of fused-ring (bicyclic) bond motifs is 1. The Hall–Kier alpha value is -5.00. The van der Waals surface area contributed by atoms with Gasteiger partial charge in [-0.1, -0.05) is 0 Å². The number of pyridine rings is 2. The minimum absolute atomic E-state index is 0.139. The Morgan fingerprint density at radius 3 is 2.52 bits per heavy atom. The van der Waals surface area contributed by atoms with Gasteiger partial charge in [-0.05, 0) is 60.5 Å². The average molecular weight is 551 g/mol. The molecule has 0 saturated carbocycles. The molecule has 0 aliphatic heterocycles. The minimum atomic E-state index is -4.61. The highest BCUT2D eigenvalue weighted by Crippen LogP contribution is 2.33. The zero-order chi connectivity index (χ0) is 28.3. The van der Waals surface area contributed by atoms with Crippen molar-refractivity contribution in [2.75, 3.05) is 11.9 Å². The summed E-state index contributed by atoms with van der Waals surface area (Å²) in [7, 11) is 1.64. The number of amides is 1. The normalized spacial score (nSPS) is 11.4. The van der Waals surface area contributed by atoms with Gasteiger partial charge in [0.2, 0.25) is 5.95 Å². The molecule has 0 radical (unpaired) electrons. The van der Waals surface area contributed by atoms with Gasteiger partial charge >= 0.3 is 6.18 Å². The van der Waals surface area contributed by atoms with E-state index in [4.69, 9.17) is 4.74 Å². The van der Waals surface area contributed by atoms with Gasteiger partial charge in [-0.2, -0.15) is 13.2 Å². The Balaban J connectivity index is 1.29. The summed E-state index contributed by atoms with van der Waals surface area (Å²) in [6.07, 6.45) is 0.866. The molecule has 0 spiro atoms.